The molecule has 0 fully saturated rings. The number of hydrogen-bond acceptors (Lipinski definition) is 3. The number of Topliss-reactive ketones (excluding diaryl/α,β-unsaturated/α-hetero) is 1. The molecule has 0 aliphatic carbocycles. The summed E-state index contributed by atoms with van der Waals surface area (Å²) in [6.45, 7) is 4.02. The third-order valence-corrected chi connectivity index (χ3v) is 3.85. The van der Waals surface area contributed by atoms with Gasteiger partial charge in [0.1, 0.15) is 9.84 Å². The Balaban J connectivity index is 3.02. The molecule has 1 aromatic heterocycles. The molecule has 0 saturated heterocycles. The van der Waals surface area contributed by atoms with Crippen molar-refractivity contribution in [1.82, 2.24) is 4.57 Å². The molecule has 0 aliphatic heterocycles. The predicted molar refractivity (Wildman–Crippen MR) is 68.7 cm³/mol. The molecule has 6 heteroatoms. The van der Waals surface area contributed by atoms with Gasteiger partial charge in [0.2, 0.25) is 0 Å². The normalized spacial score (nSPS) is 11.8. The van der Waals surface area contributed by atoms with Gasteiger partial charge >= 0.3 is 0 Å². The highest BCUT2D eigenvalue weighted by Crippen LogP contribution is 2.16. The Kier molecular flexibility index (Phi) is 4.38. The summed E-state index contributed by atoms with van der Waals surface area (Å²) in [5.41, 5.74) is 2.22. The predicted octanol–water partition coefficient (Wildman–Crippen LogP) is 1.57. The summed E-state index contributed by atoms with van der Waals surface area (Å²) < 4.78 is 24.1. The smallest absolute Gasteiger partial charge is 0.179 e. The summed E-state index contributed by atoms with van der Waals surface area (Å²) in [4.78, 5) is 11.5. The van der Waals surface area contributed by atoms with Crippen molar-refractivity contribution in [2.45, 2.75) is 20.4 Å². The lowest BCUT2D eigenvalue weighted by molar-refractivity contribution is 0.102. The topological polar surface area (TPSA) is 56.1 Å². The average molecular weight is 278 g/mol. The zero-order valence-electron chi connectivity index (χ0n) is 10.2. The molecule has 0 atom stereocenters. The van der Waals surface area contributed by atoms with Crippen molar-refractivity contribution in [1.29, 1.82) is 0 Å². The van der Waals surface area contributed by atoms with E-state index in [1.54, 1.807) is 13.0 Å². The zero-order chi connectivity index (χ0) is 13.2. The number of nitrogens with zero attached hydrogens (tertiary/aromatic N) is 1. The fourth-order valence-electron chi connectivity index (χ4n) is 1.76. The number of carbonyl (C=O) groups excluding carboxylic acids is 1. The minimum absolute atomic E-state index is 0.0592. The molecule has 0 aliphatic rings. The Labute approximate surface area is 106 Å². The van der Waals surface area contributed by atoms with Crippen molar-refractivity contribution in [2.75, 3.05) is 17.9 Å². The van der Waals surface area contributed by atoms with Crippen molar-refractivity contribution < 1.29 is 13.2 Å². The van der Waals surface area contributed by atoms with Crippen LogP contribution in [0.25, 0.3) is 0 Å². The number of rotatable bonds is 5. The van der Waals surface area contributed by atoms with Crippen LogP contribution < -0.4 is 0 Å². The highest BCUT2D eigenvalue weighted by atomic mass is 35.5. The van der Waals surface area contributed by atoms with E-state index in [0.29, 0.717) is 12.1 Å². The maximum absolute atomic E-state index is 11.5. The van der Waals surface area contributed by atoms with Crippen LogP contribution >= 0.6 is 11.6 Å². The van der Waals surface area contributed by atoms with Gasteiger partial charge in [-0.25, -0.2) is 8.42 Å². The number of alkyl halides is 1. The second-order valence-electron chi connectivity index (χ2n) is 4.12. The second-order valence-corrected chi connectivity index (χ2v) is 6.65. The van der Waals surface area contributed by atoms with Gasteiger partial charge in [-0.2, -0.15) is 0 Å². The molecular weight excluding hydrogens is 262 g/mol. The average Bonchev–Trinajstić information content (AvgIpc) is 2.49. The first-order valence-corrected chi connectivity index (χ1v) is 7.79. The standard InChI is InChI=1S/C11H16ClNO3S/c1-8-6-10(11(14)7-12)9(2)13(8)4-5-17(3,15)16/h6H,4-5,7H2,1-3H3. The largest absolute Gasteiger partial charge is 0.347 e. The number of hydrogen-bond donors (Lipinski definition) is 0. The fourth-order valence-corrected chi connectivity index (χ4v) is 2.41. The van der Waals surface area contributed by atoms with E-state index >= 15 is 0 Å². The molecule has 4 nitrogen and oxygen atoms in total. The lowest BCUT2D eigenvalue weighted by Gasteiger charge is -2.08. The SMILES string of the molecule is Cc1cc(C(=O)CCl)c(C)n1CCS(C)(=O)=O. The maximum atomic E-state index is 11.5. The summed E-state index contributed by atoms with van der Waals surface area (Å²) in [5.74, 6) is -0.126. The van der Waals surface area contributed by atoms with Gasteiger partial charge in [-0.05, 0) is 19.9 Å². The summed E-state index contributed by atoms with van der Waals surface area (Å²) in [6.07, 6.45) is 1.20. The Hall–Kier alpha value is -0.810. The third-order valence-electron chi connectivity index (χ3n) is 2.68. The monoisotopic (exact) mass is 277 g/mol. The van der Waals surface area contributed by atoms with E-state index in [9.17, 15) is 13.2 Å². The molecule has 0 N–H and O–H groups in total. The number of halogens is 1. The molecule has 0 amide bonds. The quantitative estimate of drug-likeness (QED) is 0.606. The number of aryl methyl sites for hydroxylation is 1. The molecule has 96 valence electrons. The summed E-state index contributed by atoms with van der Waals surface area (Å²) in [7, 11) is -3.00. The van der Waals surface area contributed by atoms with Gasteiger partial charge in [-0.1, -0.05) is 0 Å². The fraction of sp³-hybridized carbons (Fsp3) is 0.545. The minimum atomic E-state index is -3.00. The first kappa shape index (κ1) is 14.3. The molecule has 1 heterocycles. The van der Waals surface area contributed by atoms with Crippen LogP contribution in [0.1, 0.15) is 21.7 Å². The van der Waals surface area contributed by atoms with Crippen molar-refractivity contribution in [2.24, 2.45) is 0 Å². The van der Waals surface area contributed by atoms with Crippen molar-refractivity contribution in [3.8, 4) is 0 Å². The molecule has 17 heavy (non-hydrogen) atoms. The molecule has 1 aromatic rings. The van der Waals surface area contributed by atoms with Crippen LogP contribution in [0.3, 0.4) is 0 Å². The molecule has 0 unspecified atom stereocenters. The lowest BCUT2D eigenvalue weighted by Crippen LogP contribution is -2.13. The van der Waals surface area contributed by atoms with E-state index in [-0.39, 0.29) is 17.4 Å². The summed E-state index contributed by atoms with van der Waals surface area (Å²) >= 11 is 5.52. The van der Waals surface area contributed by atoms with Crippen LogP contribution in [0.2, 0.25) is 0 Å². The number of sulfone groups is 1. The van der Waals surface area contributed by atoms with E-state index in [0.717, 1.165) is 11.4 Å². The minimum Gasteiger partial charge on any atom is -0.347 e. The summed E-state index contributed by atoms with van der Waals surface area (Å²) in [6, 6.07) is 1.75. The van der Waals surface area contributed by atoms with E-state index in [4.69, 9.17) is 11.6 Å². The first-order valence-electron chi connectivity index (χ1n) is 5.20. The van der Waals surface area contributed by atoms with Gasteiger partial charge in [0.15, 0.2) is 5.78 Å². The highest BCUT2D eigenvalue weighted by molar-refractivity contribution is 7.90. The Morgan fingerprint density at radius 2 is 2.00 bits per heavy atom. The van der Waals surface area contributed by atoms with Crippen LogP contribution in [-0.4, -0.2) is 36.7 Å². The molecule has 0 aromatic carbocycles. The Morgan fingerprint density at radius 3 is 2.47 bits per heavy atom. The summed E-state index contributed by atoms with van der Waals surface area (Å²) in [5, 5.41) is 0. The molecule has 0 radical (unpaired) electrons. The van der Waals surface area contributed by atoms with Gasteiger partial charge < -0.3 is 4.57 Å². The maximum Gasteiger partial charge on any atom is 0.179 e. The van der Waals surface area contributed by atoms with Crippen molar-refractivity contribution in [3.63, 3.8) is 0 Å². The van der Waals surface area contributed by atoms with Crippen molar-refractivity contribution in [3.05, 3.63) is 23.0 Å². The third kappa shape index (κ3) is 3.57. The second kappa shape index (κ2) is 5.23. The van der Waals surface area contributed by atoms with Crippen LogP contribution in [0.15, 0.2) is 6.07 Å². The van der Waals surface area contributed by atoms with E-state index < -0.39 is 9.84 Å². The Morgan fingerprint density at radius 1 is 1.41 bits per heavy atom. The van der Waals surface area contributed by atoms with Crippen LogP contribution in [0.5, 0.6) is 0 Å². The molecule has 0 bridgehead atoms. The van der Waals surface area contributed by atoms with E-state index in [1.165, 1.54) is 6.26 Å². The van der Waals surface area contributed by atoms with Gasteiger partial charge in [-0.3, -0.25) is 4.79 Å². The zero-order valence-corrected chi connectivity index (χ0v) is 11.7. The lowest BCUT2D eigenvalue weighted by atomic mass is 10.2. The van der Waals surface area contributed by atoms with Crippen LogP contribution in [0.4, 0.5) is 0 Å². The van der Waals surface area contributed by atoms with Gasteiger partial charge in [0.05, 0.1) is 11.6 Å². The number of ketones is 1. The number of aromatic nitrogens is 1. The Bertz CT molecular complexity index is 531. The van der Waals surface area contributed by atoms with Crippen LogP contribution in [0, 0.1) is 13.8 Å². The van der Waals surface area contributed by atoms with Crippen LogP contribution in [-0.2, 0) is 16.4 Å². The first-order chi connectivity index (χ1) is 7.76. The molecule has 0 saturated carbocycles. The van der Waals surface area contributed by atoms with Gasteiger partial charge in [0.25, 0.3) is 0 Å². The van der Waals surface area contributed by atoms with Gasteiger partial charge in [0, 0.05) is 29.8 Å². The molecular formula is C11H16ClNO3S. The molecule has 1 rings (SSSR count). The van der Waals surface area contributed by atoms with E-state index in [2.05, 4.69) is 0 Å². The highest BCUT2D eigenvalue weighted by Gasteiger charge is 2.15. The molecule has 0 spiro atoms. The van der Waals surface area contributed by atoms with E-state index in [1.807, 2.05) is 11.5 Å². The van der Waals surface area contributed by atoms with Crippen molar-refractivity contribution >= 4 is 27.2 Å². The van der Waals surface area contributed by atoms with Gasteiger partial charge in [-0.15, -0.1) is 11.6 Å². The number of carbonyl (C=O) groups is 1.